The van der Waals surface area contributed by atoms with E-state index in [1.165, 1.54) is 12.8 Å². The molecule has 0 radical (unpaired) electrons. The molecular formula is C21H26N2O3. The molecule has 1 aliphatic carbocycles. The van der Waals surface area contributed by atoms with Crippen molar-refractivity contribution < 1.29 is 14.3 Å². The zero-order valence-electron chi connectivity index (χ0n) is 15.2. The monoisotopic (exact) mass is 354 g/mol. The molecule has 2 aromatic rings. The third kappa shape index (κ3) is 5.15. The first kappa shape index (κ1) is 18.1. The van der Waals surface area contributed by atoms with Crippen molar-refractivity contribution in [2.24, 2.45) is 0 Å². The van der Waals surface area contributed by atoms with Gasteiger partial charge in [-0.3, -0.25) is 0 Å². The fourth-order valence-electron chi connectivity index (χ4n) is 3.14. The molecular weight excluding hydrogens is 328 g/mol. The van der Waals surface area contributed by atoms with Gasteiger partial charge >= 0.3 is 6.03 Å². The minimum Gasteiger partial charge on any atom is -0.497 e. The quantitative estimate of drug-likeness (QED) is 0.776. The Morgan fingerprint density at radius 2 is 1.81 bits per heavy atom. The van der Waals surface area contributed by atoms with Crippen LogP contribution in [0.2, 0.25) is 0 Å². The van der Waals surface area contributed by atoms with E-state index in [1.807, 2.05) is 48.5 Å². The number of nitrogens with one attached hydrogen (secondary N) is 2. The summed E-state index contributed by atoms with van der Waals surface area (Å²) in [6.45, 7) is 0.559. The van der Waals surface area contributed by atoms with Crippen LogP contribution >= 0.6 is 0 Å². The normalized spacial score (nSPS) is 14.0. The molecule has 0 aliphatic heterocycles. The number of hydrogen-bond donors (Lipinski definition) is 2. The summed E-state index contributed by atoms with van der Waals surface area (Å²) in [6.07, 6.45) is 5.62. The van der Waals surface area contributed by atoms with Gasteiger partial charge in [-0.2, -0.15) is 0 Å². The summed E-state index contributed by atoms with van der Waals surface area (Å²) >= 11 is 0. The number of hydrogen-bond acceptors (Lipinski definition) is 3. The third-order valence-electron chi connectivity index (χ3n) is 4.59. The Morgan fingerprint density at radius 1 is 1.08 bits per heavy atom. The summed E-state index contributed by atoms with van der Waals surface area (Å²) in [7, 11) is 1.65. The maximum absolute atomic E-state index is 12.2. The van der Waals surface area contributed by atoms with Gasteiger partial charge in [0.2, 0.25) is 0 Å². The maximum Gasteiger partial charge on any atom is 0.319 e. The molecule has 5 nitrogen and oxygen atoms in total. The Balaban J connectivity index is 1.48. The Hall–Kier alpha value is -2.69. The van der Waals surface area contributed by atoms with Gasteiger partial charge in [-0.1, -0.05) is 24.3 Å². The number of ether oxygens (including phenoxy) is 2. The summed E-state index contributed by atoms with van der Waals surface area (Å²) < 4.78 is 11.2. The van der Waals surface area contributed by atoms with E-state index in [0.29, 0.717) is 12.2 Å². The van der Waals surface area contributed by atoms with Crippen molar-refractivity contribution in [1.29, 1.82) is 0 Å². The highest BCUT2D eigenvalue weighted by Crippen LogP contribution is 2.29. The van der Waals surface area contributed by atoms with Crippen LogP contribution in [0, 0.1) is 0 Å². The zero-order chi connectivity index (χ0) is 18.2. The van der Waals surface area contributed by atoms with Crippen LogP contribution in [0.25, 0.3) is 0 Å². The number of carbonyl (C=O) groups excluding carboxylic acids is 1. The van der Waals surface area contributed by atoms with Crippen molar-refractivity contribution >= 4 is 11.7 Å². The molecule has 0 unspecified atom stereocenters. The standard InChI is InChI=1S/C21H26N2O3/c1-25-17-12-10-16(11-13-17)14-15-22-21(24)23-19-8-4-5-9-20(19)26-18-6-2-3-7-18/h4-5,8-13,18H,2-3,6-7,14-15H2,1H3,(H2,22,23,24). The molecule has 1 fully saturated rings. The fourth-order valence-corrected chi connectivity index (χ4v) is 3.14. The molecule has 2 aromatic carbocycles. The van der Waals surface area contributed by atoms with Crippen LogP contribution in [-0.4, -0.2) is 25.8 Å². The molecule has 5 heteroatoms. The van der Waals surface area contributed by atoms with Crippen LogP contribution in [-0.2, 0) is 6.42 Å². The largest absolute Gasteiger partial charge is 0.497 e. The Morgan fingerprint density at radius 3 is 2.54 bits per heavy atom. The number of urea groups is 1. The van der Waals surface area contributed by atoms with E-state index >= 15 is 0 Å². The third-order valence-corrected chi connectivity index (χ3v) is 4.59. The van der Waals surface area contributed by atoms with Gasteiger partial charge < -0.3 is 20.1 Å². The number of methoxy groups -OCH3 is 1. The summed E-state index contributed by atoms with van der Waals surface area (Å²) in [6, 6.07) is 15.2. The second kappa shape index (κ2) is 9.13. The minimum absolute atomic E-state index is 0.221. The molecule has 0 atom stereocenters. The zero-order valence-corrected chi connectivity index (χ0v) is 15.2. The Labute approximate surface area is 154 Å². The molecule has 0 aromatic heterocycles. The highest BCUT2D eigenvalue weighted by Gasteiger charge is 2.18. The highest BCUT2D eigenvalue weighted by molar-refractivity contribution is 5.90. The highest BCUT2D eigenvalue weighted by atomic mass is 16.5. The minimum atomic E-state index is -0.221. The van der Waals surface area contributed by atoms with Crippen LogP contribution in [0.15, 0.2) is 48.5 Å². The van der Waals surface area contributed by atoms with Crippen molar-refractivity contribution in [2.45, 2.75) is 38.2 Å². The summed E-state index contributed by atoms with van der Waals surface area (Å²) in [5.74, 6) is 1.57. The van der Waals surface area contributed by atoms with Gasteiger partial charge in [-0.15, -0.1) is 0 Å². The number of benzene rings is 2. The molecule has 2 N–H and O–H groups in total. The number of rotatable bonds is 7. The average molecular weight is 354 g/mol. The molecule has 0 heterocycles. The summed E-state index contributed by atoms with van der Waals surface area (Å²) in [4.78, 5) is 12.2. The molecule has 1 saturated carbocycles. The first-order chi connectivity index (χ1) is 12.7. The smallest absolute Gasteiger partial charge is 0.319 e. The van der Waals surface area contributed by atoms with E-state index < -0.39 is 0 Å². The lowest BCUT2D eigenvalue weighted by atomic mass is 10.1. The van der Waals surface area contributed by atoms with Gasteiger partial charge in [-0.05, 0) is 61.9 Å². The van der Waals surface area contributed by atoms with E-state index in [1.54, 1.807) is 7.11 Å². The van der Waals surface area contributed by atoms with Crippen LogP contribution in [0.3, 0.4) is 0 Å². The summed E-state index contributed by atoms with van der Waals surface area (Å²) in [5, 5.41) is 5.79. The lowest BCUT2D eigenvalue weighted by molar-refractivity contribution is 0.211. The van der Waals surface area contributed by atoms with Crippen molar-refractivity contribution in [3.8, 4) is 11.5 Å². The second-order valence-corrected chi connectivity index (χ2v) is 6.50. The van der Waals surface area contributed by atoms with Crippen molar-refractivity contribution in [3.05, 3.63) is 54.1 Å². The van der Waals surface area contributed by atoms with Crippen molar-refractivity contribution in [3.63, 3.8) is 0 Å². The molecule has 138 valence electrons. The van der Waals surface area contributed by atoms with Crippen LogP contribution < -0.4 is 20.1 Å². The molecule has 26 heavy (non-hydrogen) atoms. The van der Waals surface area contributed by atoms with Crippen molar-refractivity contribution in [2.75, 3.05) is 19.0 Å². The Kier molecular flexibility index (Phi) is 6.36. The predicted octanol–water partition coefficient (Wildman–Crippen LogP) is 4.38. The number of anilines is 1. The lowest BCUT2D eigenvalue weighted by Crippen LogP contribution is -2.30. The predicted molar refractivity (Wildman–Crippen MR) is 103 cm³/mol. The molecule has 0 spiro atoms. The SMILES string of the molecule is COc1ccc(CCNC(=O)Nc2ccccc2OC2CCCC2)cc1. The molecule has 0 saturated heterocycles. The average Bonchev–Trinajstić information content (AvgIpc) is 3.17. The van der Waals surface area contributed by atoms with Gasteiger partial charge in [0.15, 0.2) is 0 Å². The maximum atomic E-state index is 12.2. The van der Waals surface area contributed by atoms with E-state index in [2.05, 4.69) is 10.6 Å². The number of amides is 2. The topological polar surface area (TPSA) is 59.6 Å². The fraction of sp³-hybridized carbons (Fsp3) is 0.381. The second-order valence-electron chi connectivity index (χ2n) is 6.50. The van der Waals surface area contributed by atoms with E-state index in [4.69, 9.17) is 9.47 Å². The first-order valence-corrected chi connectivity index (χ1v) is 9.18. The van der Waals surface area contributed by atoms with E-state index in [9.17, 15) is 4.79 Å². The first-order valence-electron chi connectivity index (χ1n) is 9.18. The van der Waals surface area contributed by atoms with E-state index in [0.717, 1.165) is 36.3 Å². The van der Waals surface area contributed by atoms with Gasteiger partial charge in [0.05, 0.1) is 18.9 Å². The van der Waals surface area contributed by atoms with E-state index in [-0.39, 0.29) is 12.1 Å². The van der Waals surface area contributed by atoms with Crippen molar-refractivity contribution in [1.82, 2.24) is 5.32 Å². The van der Waals surface area contributed by atoms with Gasteiger partial charge in [0.25, 0.3) is 0 Å². The number of carbonyl (C=O) groups is 1. The Bertz CT molecular complexity index is 709. The van der Waals surface area contributed by atoms with Crippen LogP contribution in [0.5, 0.6) is 11.5 Å². The molecule has 3 rings (SSSR count). The van der Waals surface area contributed by atoms with Gasteiger partial charge in [0.1, 0.15) is 11.5 Å². The molecule has 2 amide bonds. The van der Waals surface area contributed by atoms with Crippen LogP contribution in [0.4, 0.5) is 10.5 Å². The molecule has 0 bridgehead atoms. The lowest BCUT2D eigenvalue weighted by Gasteiger charge is -2.17. The molecule has 1 aliphatic rings. The van der Waals surface area contributed by atoms with Gasteiger partial charge in [0, 0.05) is 6.54 Å². The van der Waals surface area contributed by atoms with Crippen LogP contribution in [0.1, 0.15) is 31.2 Å². The number of para-hydroxylation sites is 2. The van der Waals surface area contributed by atoms with Gasteiger partial charge in [-0.25, -0.2) is 4.79 Å². The summed E-state index contributed by atoms with van der Waals surface area (Å²) in [5.41, 5.74) is 1.86.